The molecule has 0 spiro atoms. The Morgan fingerprint density at radius 3 is 2.88 bits per heavy atom. The molecule has 0 amide bonds. The summed E-state index contributed by atoms with van der Waals surface area (Å²) in [4.78, 5) is 7.72. The first-order chi connectivity index (χ1) is 7.33. The molecule has 0 radical (unpaired) electrons. The summed E-state index contributed by atoms with van der Waals surface area (Å²) >= 11 is 1.71. The van der Waals surface area contributed by atoms with Gasteiger partial charge in [-0.25, -0.2) is 4.98 Å². The molecule has 0 saturated heterocycles. The van der Waals surface area contributed by atoms with Crippen molar-refractivity contribution in [2.75, 3.05) is 12.4 Å². The van der Waals surface area contributed by atoms with Crippen LogP contribution in [0.5, 0.6) is 5.75 Å². The van der Waals surface area contributed by atoms with Gasteiger partial charge in [0.2, 0.25) is 0 Å². The lowest BCUT2D eigenvalue weighted by Crippen LogP contribution is -1.90. The molecule has 1 aromatic heterocycles. The number of rotatable bonds is 4. The van der Waals surface area contributed by atoms with Crippen molar-refractivity contribution < 1.29 is 4.74 Å². The zero-order valence-corrected chi connectivity index (χ0v) is 11.0. The third kappa shape index (κ3) is 2.83. The van der Waals surface area contributed by atoms with Crippen LogP contribution in [0.3, 0.4) is 0 Å². The van der Waals surface area contributed by atoms with Crippen LogP contribution in [0.2, 0.25) is 0 Å². The van der Waals surface area contributed by atoms with Gasteiger partial charge in [-0.2, -0.15) is 0 Å². The number of aromatic nitrogens is 2. The Morgan fingerprint density at radius 1 is 1.38 bits per heavy atom. The summed E-state index contributed by atoms with van der Waals surface area (Å²) in [5.41, 5.74) is 2.03. The Kier molecular flexibility index (Phi) is 4.96. The second-order valence-corrected chi connectivity index (χ2v) is 4.34. The smallest absolute Gasteiger partial charge is 0.166 e. The number of aromatic amines is 1. The average Bonchev–Trinajstić information content (AvgIpc) is 2.60. The van der Waals surface area contributed by atoms with Crippen molar-refractivity contribution in [1.29, 1.82) is 0 Å². The molecule has 2 aromatic rings. The van der Waals surface area contributed by atoms with Crippen molar-refractivity contribution in [2.24, 2.45) is 0 Å². The summed E-state index contributed by atoms with van der Waals surface area (Å²) in [6.07, 6.45) is 0. The van der Waals surface area contributed by atoms with Gasteiger partial charge in [-0.1, -0.05) is 18.7 Å². The maximum absolute atomic E-state index is 5.43. The zero-order valence-electron chi connectivity index (χ0n) is 9.32. The number of imidazole rings is 1. The Morgan fingerprint density at radius 2 is 2.19 bits per heavy atom. The Labute approximate surface area is 105 Å². The van der Waals surface area contributed by atoms with Gasteiger partial charge in [0.1, 0.15) is 5.75 Å². The molecule has 0 aliphatic rings. The number of thioether (sulfide) groups is 1. The van der Waals surface area contributed by atoms with E-state index < -0.39 is 0 Å². The highest BCUT2D eigenvalue weighted by Gasteiger charge is 2.03. The zero-order chi connectivity index (χ0) is 10.7. The number of hydrogen-bond donors (Lipinski definition) is 1. The van der Waals surface area contributed by atoms with Crippen LogP contribution < -0.4 is 4.74 Å². The number of benzene rings is 1. The summed E-state index contributed by atoms with van der Waals surface area (Å²) < 4.78 is 5.43. The summed E-state index contributed by atoms with van der Waals surface area (Å²) in [5.74, 6) is 1.92. The number of fused-ring (bicyclic) bond motifs is 1. The number of hydrogen-bond acceptors (Lipinski definition) is 3. The first kappa shape index (κ1) is 13.2. The molecule has 88 valence electrons. The SMILES string of the molecule is CCOc1ccc2nc(SCC)[nH]c2c1.Cl. The molecular weight excluding hydrogens is 244 g/mol. The van der Waals surface area contributed by atoms with E-state index in [9.17, 15) is 0 Å². The summed E-state index contributed by atoms with van der Waals surface area (Å²) in [7, 11) is 0. The van der Waals surface area contributed by atoms with Crippen molar-refractivity contribution in [2.45, 2.75) is 19.0 Å². The first-order valence-electron chi connectivity index (χ1n) is 5.09. The fraction of sp³-hybridized carbons (Fsp3) is 0.364. The Bertz CT molecular complexity index is 454. The van der Waals surface area contributed by atoms with E-state index in [0.29, 0.717) is 6.61 Å². The van der Waals surface area contributed by atoms with Crippen LogP contribution in [0.25, 0.3) is 11.0 Å². The van der Waals surface area contributed by atoms with Crippen LogP contribution in [-0.2, 0) is 0 Å². The lowest BCUT2D eigenvalue weighted by Gasteiger charge is -2.00. The minimum atomic E-state index is 0. The standard InChI is InChI=1S/C11H14N2OS.ClH/c1-3-14-8-5-6-9-10(7-8)13-11(12-9)15-4-2;/h5-7H,3-4H2,1-2H3,(H,12,13);1H. The lowest BCUT2D eigenvalue weighted by molar-refractivity contribution is 0.340. The molecule has 0 fully saturated rings. The minimum Gasteiger partial charge on any atom is -0.494 e. The van der Waals surface area contributed by atoms with Gasteiger partial charge in [-0.15, -0.1) is 12.4 Å². The second kappa shape index (κ2) is 6.01. The second-order valence-electron chi connectivity index (χ2n) is 3.09. The molecule has 0 atom stereocenters. The van der Waals surface area contributed by atoms with E-state index in [1.165, 1.54) is 0 Å². The highest BCUT2D eigenvalue weighted by molar-refractivity contribution is 7.99. The predicted molar refractivity (Wildman–Crippen MR) is 70.9 cm³/mol. The van der Waals surface area contributed by atoms with E-state index in [2.05, 4.69) is 16.9 Å². The van der Waals surface area contributed by atoms with E-state index in [1.807, 2.05) is 25.1 Å². The van der Waals surface area contributed by atoms with Crippen molar-refractivity contribution in [3.63, 3.8) is 0 Å². The molecule has 0 bridgehead atoms. The highest BCUT2D eigenvalue weighted by atomic mass is 35.5. The highest BCUT2D eigenvalue weighted by Crippen LogP contribution is 2.22. The van der Waals surface area contributed by atoms with E-state index >= 15 is 0 Å². The van der Waals surface area contributed by atoms with Crippen LogP contribution in [-0.4, -0.2) is 22.3 Å². The van der Waals surface area contributed by atoms with Crippen molar-refractivity contribution >= 4 is 35.2 Å². The molecule has 3 nitrogen and oxygen atoms in total. The van der Waals surface area contributed by atoms with Crippen LogP contribution >= 0.6 is 24.2 Å². The molecule has 16 heavy (non-hydrogen) atoms. The average molecular weight is 259 g/mol. The topological polar surface area (TPSA) is 37.9 Å². The molecule has 0 unspecified atom stereocenters. The normalized spacial score (nSPS) is 10.1. The van der Waals surface area contributed by atoms with Gasteiger partial charge in [-0.05, 0) is 24.8 Å². The number of nitrogens with zero attached hydrogens (tertiary/aromatic N) is 1. The molecule has 2 rings (SSSR count). The van der Waals surface area contributed by atoms with E-state index in [0.717, 1.165) is 27.7 Å². The molecule has 0 aliphatic heterocycles. The predicted octanol–water partition coefficient (Wildman–Crippen LogP) is 3.50. The van der Waals surface area contributed by atoms with Crippen molar-refractivity contribution in [1.82, 2.24) is 9.97 Å². The monoisotopic (exact) mass is 258 g/mol. The number of ether oxygens (including phenoxy) is 1. The van der Waals surface area contributed by atoms with E-state index in [4.69, 9.17) is 4.74 Å². The molecular formula is C11H15ClN2OS. The summed E-state index contributed by atoms with van der Waals surface area (Å²) in [5, 5.41) is 0.973. The number of nitrogens with one attached hydrogen (secondary N) is 1. The largest absolute Gasteiger partial charge is 0.494 e. The summed E-state index contributed by atoms with van der Waals surface area (Å²) in [6.45, 7) is 4.79. The molecule has 1 aromatic carbocycles. The van der Waals surface area contributed by atoms with Crippen LogP contribution in [0.1, 0.15) is 13.8 Å². The maximum atomic E-state index is 5.43. The van der Waals surface area contributed by atoms with E-state index in [-0.39, 0.29) is 12.4 Å². The van der Waals surface area contributed by atoms with Crippen LogP contribution in [0.15, 0.2) is 23.4 Å². The molecule has 1 N–H and O–H groups in total. The van der Waals surface area contributed by atoms with E-state index in [1.54, 1.807) is 11.8 Å². The fourth-order valence-electron chi connectivity index (χ4n) is 1.43. The van der Waals surface area contributed by atoms with Crippen LogP contribution in [0.4, 0.5) is 0 Å². The fourth-order valence-corrected chi connectivity index (χ4v) is 2.05. The van der Waals surface area contributed by atoms with Gasteiger partial charge >= 0.3 is 0 Å². The Hall–Kier alpha value is -0.870. The maximum Gasteiger partial charge on any atom is 0.166 e. The molecule has 0 aliphatic carbocycles. The van der Waals surface area contributed by atoms with Crippen LogP contribution in [0, 0.1) is 0 Å². The Balaban J connectivity index is 0.00000128. The quantitative estimate of drug-likeness (QED) is 0.853. The van der Waals surface area contributed by atoms with Gasteiger partial charge in [0, 0.05) is 6.07 Å². The van der Waals surface area contributed by atoms with Gasteiger partial charge in [0.05, 0.1) is 17.6 Å². The first-order valence-corrected chi connectivity index (χ1v) is 6.07. The molecule has 5 heteroatoms. The van der Waals surface area contributed by atoms with Gasteiger partial charge in [0.25, 0.3) is 0 Å². The third-order valence-corrected chi connectivity index (χ3v) is 2.78. The van der Waals surface area contributed by atoms with Gasteiger partial charge in [-0.3, -0.25) is 0 Å². The van der Waals surface area contributed by atoms with Gasteiger partial charge in [0.15, 0.2) is 5.16 Å². The van der Waals surface area contributed by atoms with Gasteiger partial charge < -0.3 is 9.72 Å². The third-order valence-electron chi connectivity index (χ3n) is 2.02. The van der Waals surface area contributed by atoms with Crippen molar-refractivity contribution in [3.05, 3.63) is 18.2 Å². The molecule has 1 heterocycles. The summed E-state index contributed by atoms with van der Waals surface area (Å²) in [6, 6.07) is 5.93. The number of H-pyrrole nitrogens is 1. The minimum absolute atomic E-state index is 0. The number of halogens is 1. The molecule has 0 saturated carbocycles. The lowest BCUT2D eigenvalue weighted by atomic mass is 10.3. The van der Waals surface area contributed by atoms with Crippen molar-refractivity contribution in [3.8, 4) is 5.75 Å².